The maximum absolute atomic E-state index is 14.4. The molecule has 8 aromatic rings. The fourth-order valence-corrected chi connectivity index (χ4v) is 11.1. The van der Waals surface area contributed by atoms with Crippen LogP contribution >= 0.6 is 0 Å². The number of hydrogen-bond donors (Lipinski definition) is 4. The first-order valence-electron chi connectivity index (χ1n) is 31.7. The highest BCUT2D eigenvalue weighted by molar-refractivity contribution is 6.23. The number of fused-ring (bicyclic) bond motifs is 5. The van der Waals surface area contributed by atoms with Crippen molar-refractivity contribution in [3.63, 3.8) is 0 Å². The van der Waals surface area contributed by atoms with Crippen molar-refractivity contribution in [3.8, 4) is 28.7 Å². The zero-order valence-electron chi connectivity index (χ0n) is 58.4. The number of aromatic carboxylic acids is 2. The average Bonchev–Trinajstić information content (AvgIpc) is 1.66. The molecule has 8 amide bonds. The summed E-state index contributed by atoms with van der Waals surface area (Å²) >= 11 is 0. The summed E-state index contributed by atoms with van der Waals surface area (Å²) in [6.07, 6.45) is 0. The number of benzene rings is 8. The Kier molecular flexibility index (Phi) is 25.2. The molecule has 5 aliphatic heterocycles. The third-order valence-corrected chi connectivity index (χ3v) is 16.6. The van der Waals surface area contributed by atoms with Crippen LogP contribution in [-0.4, -0.2) is 155 Å². The number of methoxy groups -OCH3 is 5. The number of rotatable bonds is 15. The molecule has 31 heteroatoms. The van der Waals surface area contributed by atoms with Gasteiger partial charge < -0.3 is 54.0 Å². The number of aliphatic hydroxyl groups is 1. The highest BCUT2D eigenvalue weighted by atomic mass is 19.1. The van der Waals surface area contributed by atoms with Crippen molar-refractivity contribution < 1.29 is 123 Å². The second kappa shape index (κ2) is 33.9. The van der Waals surface area contributed by atoms with Crippen LogP contribution < -0.4 is 29.0 Å². The van der Waals surface area contributed by atoms with Gasteiger partial charge in [0.25, 0.3) is 47.3 Å². The van der Waals surface area contributed by atoms with E-state index in [1.807, 2.05) is 0 Å². The van der Waals surface area contributed by atoms with E-state index in [-0.39, 0.29) is 106 Å². The summed E-state index contributed by atoms with van der Waals surface area (Å²) in [5.41, 5.74) is 1.61. The molecule has 556 valence electrons. The van der Waals surface area contributed by atoms with Crippen LogP contribution in [0.3, 0.4) is 0 Å². The van der Waals surface area contributed by atoms with Crippen molar-refractivity contribution >= 4 is 70.9 Å². The Bertz CT molecular complexity index is 4690. The number of Topliss-reactive ketones (excluding diaryl/α,β-unsaturated/α-hetero) is 1. The molecular formula is C76H66F5N5O21. The molecule has 0 aromatic heterocycles. The van der Waals surface area contributed by atoms with Crippen LogP contribution in [0, 0.1) is 34.5 Å². The maximum atomic E-state index is 14.4. The second-order valence-corrected chi connectivity index (χ2v) is 24.2. The van der Waals surface area contributed by atoms with E-state index in [0.717, 1.165) is 14.7 Å². The summed E-state index contributed by atoms with van der Waals surface area (Å²) in [7, 11) is 6.51. The predicted molar refractivity (Wildman–Crippen MR) is 365 cm³/mol. The van der Waals surface area contributed by atoms with Gasteiger partial charge in [-0.05, 0) is 123 Å². The van der Waals surface area contributed by atoms with Gasteiger partial charge in [-0.2, -0.15) is 0 Å². The Labute approximate surface area is 605 Å². The predicted octanol–water partition coefficient (Wildman–Crippen LogP) is 10.3. The molecule has 0 bridgehead atoms. The van der Waals surface area contributed by atoms with Crippen molar-refractivity contribution in [2.24, 2.45) is 5.41 Å². The normalized spacial score (nSPS) is 13.3. The Hall–Kier alpha value is -13.2. The van der Waals surface area contributed by atoms with Gasteiger partial charge in [0.2, 0.25) is 0 Å². The lowest BCUT2D eigenvalue weighted by Crippen LogP contribution is -2.32. The fourth-order valence-electron chi connectivity index (χ4n) is 11.1. The molecule has 0 saturated heterocycles. The molecule has 13 rings (SSSR count). The lowest BCUT2D eigenvalue weighted by Gasteiger charge is -2.20. The van der Waals surface area contributed by atoms with Crippen molar-refractivity contribution in [3.05, 3.63) is 252 Å². The van der Waals surface area contributed by atoms with Crippen LogP contribution in [0.15, 0.2) is 140 Å². The average molecular weight is 1480 g/mol. The van der Waals surface area contributed by atoms with E-state index >= 15 is 0 Å². The number of carboxylic acid groups (broad SMARTS) is 2. The van der Waals surface area contributed by atoms with E-state index in [2.05, 4.69) is 10.1 Å². The molecular weight excluding hydrogens is 1410 g/mol. The number of hydrogen-bond acceptors (Lipinski definition) is 19. The minimum atomic E-state index is -1.50. The summed E-state index contributed by atoms with van der Waals surface area (Å²) in [6.45, 7) is 5.74. The number of carboxylic acids is 2. The summed E-state index contributed by atoms with van der Waals surface area (Å²) in [6, 6.07) is 35.0. The number of ketones is 1. The highest BCUT2D eigenvalue weighted by Crippen LogP contribution is 2.35. The number of nitrogens with one attached hydrogen (secondary N) is 1. The first-order valence-corrected chi connectivity index (χ1v) is 31.7. The largest absolute Gasteiger partial charge is 0.494 e. The summed E-state index contributed by atoms with van der Waals surface area (Å²) in [5.74, 6) is -11.6. The number of nitrogens with zero attached hydrogens (tertiary/aromatic N) is 4. The van der Waals surface area contributed by atoms with E-state index in [1.165, 1.54) is 114 Å². The molecule has 5 aliphatic rings. The molecule has 0 spiro atoms. The zero-order valence-corrected chi connectivity index (χ0v) is 58.4. The van der Waals surface area contributed by atoms with Gasteiger partial charge in [-0.3, -0.25) is 62.6 Å². The Morgan fingerprint density at radius 1 is 0.439 bits per heavy atom. The Balaban J connectivity index is 0.000000165. The molecule has 0 unspecified atom stereocenters. The van der Waals surface area contributed by atoms with E-state index in [1.54, 1.807) is 93.6 Å². The van der Waals surface area contributed by atoms with Gasteiger partial charge in [0, 0.05) is 6.54 Å². The molecule has 0 saturated carbocycles. The Morgan fingerprint density at radius 2 is 0.813 bits per heavy atom. The van der Waals surface area contributed by atoms with Gasteiger partial charge in [-0.25, -0.2) is 31.5 Å². The van der Waals surface area contributed by atoms with Crippen LogP contribution in [0.1, 0.15) is 164 Å². The quantitative estimate of drug-likeness (QED) is 0.0321. The highest BCUT2D eigenvalue weighted by Gasteiger charge is 2.40. The molecule has 107 heavy (non-hydrogen) atoms. The number of aliphatic hydroxyl groups excluding tert-OH is 1. The van der Waals surface area contributed by atoms with E-state index in [4.69, 9.17) is 33.9 Å². The molecule has 0 aliphatic carbocycles. The van der Waals surface area contributed by atoms with Crippen molar-refractivity contribution in [1.82, 2.24) is 24.9 Å². The van der Waals surface area contributed by atoms with E-state index < -0.39 is 112 Å². The number of carbonyl (C=O) groups is 12. The fraction of sp³-hybridized carbons (Fsp3) is 0.211. The SMILES string of the molecule is COc1ccc(CN2C(=O)c3ccccc3C2=O)c(C(=O)O)c1F.COc1ccc(CN2C(=O)c3ccccc3C2=O)c(C(C)=O)c1F.COc1ccc2c(c1F)C(=O)N(COC(=O)C(C)(C)C)C2.COc1ccc2c(c1F)C(=O)NC2.COc1cccc(C(=O)O)c1F.O=C1c2ccccc2C(=O)N1CO. The van der Waals surface area contributed by atoms with Gasteiger partial charge in [0.05, 0.1) is 116 Å². The topological polar surface area (TPSA) is 346 Å². The lowest BCUT2D eigenvalue weighted by molar-refractivity contribution is -0.156. The molecule has 4 N–H and O–H groups in total. The van der Waals surface area contributed by atoms with Gasteiger partial charge in [-0.1, -0.05) is 66.7 Å². The van der Waals surface area contributed by atoms with Gasteiger partial charge >= 0.3 is 17.9 Å². The first kappa shape index (κ1) is 79.5. The summed E-state index contributed by atoms with van der Waals surface area (Å²) < 4.78 is 98.1. The van der Waals surface area contributed by atoms with Crippen LogP contribution in [0.2, 0.25) is 0 Å². The van der Waals surface area contributed by atoms with Gasteiger partial charge in [-0.15, -0.1) is 0 Å². The lowest BCUT2D eigenvalue weighted by atomic mass is 9.98. The maximum Gasteiger partial charge on any atom is 0.339 e. The second-order valence-electron chi connectivity index (χ2n) is 24.2. The van der Waals surface area contributed by atoms with Crippen LogP contribution in [-0.2, 0) is 35.7 Å². The summed E-state index contributed by atoms with van der Waals surface area (Å²) in [5, 5.41) is 29.1. The van der Waals surface area contributed by atoms with Crippen molar-refractivity contribution in [2.45, 2.75) is 53.9 Å². The van der Waals surface area contributed by atoms with E-state index in [0.29, 0.717) is 39.9 Å². The van der Waals surface area contributed by atoms with Crippen LogP contribution in [0.25, 0.3) is 0 Å². The van der Waals surface area contributed by atoms with E-state index in [9.17, 15) is 84.6 Å². The van der Waals surface area contributed by atoms with Gasteiger partial charge in [0.1, 0.15) is 12.3 Å². The minimum Gasteiger partial charge on any atom is -0.494 e. The molecule has 26 nitrogen and oxygen atoms in total. The Morgan fingerprint density at radius 3 is 1.21 bits per heavy atom. The molecule has 0 atom stereocenters. The third kappa shape index (κ3) is 16.7. The number of esters is 1. The van der Waals surface area contributed by atoms with Crippen molar-refractivity contribution in [2.75, 3.05) is 49.0 Å². The number of imide groups is 3. The smallest absolute Gasteiger partial charge is 0.339 e. The minimum absolute atomic E-state index is 0.00954. The van der Waals surface area contributed by atoms with Crippen LogP contribution in [0.4, 0.5) is 22.0 Å². The molecule has 0 fully saturated rings. The van der Waals surface area contributed by atoms with Crippen molar-refractivity contribution in [1.29, 1.82) is 0 Å². The molecule has 8 aromatic carbocycles. The zero-order chi connectivity index (χ0) is 78.6. The molecule has 0 radical (unpaired) electrons. The van der Waals surface area contributed by atoms with Crippen LogP contribution in [0.5, 0.6) is 28.7 Å². The monoisotopic (exact) mass is 1480 g/mol. The third-order valence-electron chi connectivity index (χ3n) is 16.6. The number of ether oxygens (including phenoxy) is 6. The van der Waals surface area contributed by atoms with Gasteiger partial charge in [0.15, 0.2) is 70.3 Å². The first-order chi connectivity index (χ1) is 50.8. The number of amides is 8. The number of carbonyl (C=O) groups excluding carboxylic acids is 10. The summed E-state index contributed by atoms with van der Waals surface area (Å²) in [4.78, 5) is 145. The number of halogens is 5. The molecule has 5 heterocycles. The standard InChI is InChI=1S/C18H14FNO4.C17H12FNO5.C15H18FNO4.C9H8FNO2.C9H7NO3.C8H7FO3/c1-10(21)15-11(7-8-14(24-2)16(15)19)9-20-17(22)12-5-3-4-6-13(12)18(20)23;1-24-12-7-6-9(13(14(12)18)17(22)23)8-19-15(20)10-4-2-3-5-11(10)16(19)21;1-15(2,3)14(19)21-8-17-7-9-5-6-10(20-4)12(16)11(9)13(17)18;1-13-6-3-2-5-4-11-9(12)7(5)8(6)10;11-5-10-8(12)6-3-1-2-4-7(6)9(10)13;1-12-6-4-2-3-5(7(6)9)8(10)11/h3-8H,9H2,1-2H3;2-7H,8H2,1H3,(H,22,23);5-6H,7-8H2,1-4H3;2-3H,4H2,1H3,(H,11,12);1-4,11H,5H2;2-4H,1H3,(H,10,11).